The summed E-state index contributed by atoms with van der Waals surface area (Å²) >= 11 is 9.91. The molecule has 1 aromatic heterocycles. The Morgan fingerprint density at radius 1 is 0.923 bits per heavy atom. The number of rotatable bonds is 3. The third-order valence-corrected chi connectivity index (χ3v) is 7.31. The fourth-order valence-electron chi connectivity index (χ4n) is 2.94. The summed E-state index contributed by atoms with van der Waals surface area (Å²) in [6, 6.07) is 20.1. The number of benzene rings is 3. The average Bonchev–Trinajstić information content (AvgIpc) is 2.65. The maximum atomic E-state index is 12.8. The molecule has 0 saturated carbocycles. The first-order valence-corrected chi connectivity index (χ1v) is 10.5. The molecular weight excluding hydrogens is 380 g/mol. The van der Waals surface area contributed by atoms with E-state index in [1.807, 2.05) is 36.4 Å². The van der Waals surface area contributed by atoms with Crippen LogP contribution in [0.5, 0.6) is 0 Å². The zero-order chi connectivity index (χ0) is 18.3. The first-order valence-electron chi connectivity index (χ1n) is 8.46. The van der Waals surface area contributed by atoms with Crippen molar-refractivity contribution in [3.05, 3.63) is 81.5 Å². The topological polar surface area (TPSA) is 17.1 Å². The van der Waals surface area contributed by atoms with E-state index < -0.39 is 0 Å². The van der Waals surface area contributed by atoms with Crippen molar-refractivity contribution in [3.8, 4) is 0 Å². The minimum absolute atomic E-state index is 0.0501. The van der Waals surface area contributed by atoms with Crippen LogP contribution in [0.3, 0.4) is 0 Å². The van der Waals surface area contributed by atoms with E-state index in [2.05, 4.69) is 38.1 Å². The number of hydrogen-bond donors (Lipinski definition) is 0. The SMILES string of the molecule is CC(C)c1ccc(Sc2ccc3c(=O)c4ccccc4sc3c2Cl)cc1. The lowest BCUT2D eigenvalue weighted by Gasteiger charge is -2.09. The van der Waals surface area contributed by atoms with Crippen molar-refractivity contribution in [3.63, 3.8) is 0 Å². The highest BCUT2D eigenvalue weighted by Crippen LogP contribution is 2.40. The Morgan fingerprint density at radius 3 is 2.38 bits per heavy atom. The van der Waals surface area contributed by atoms with Gasteiger partial charge in [0, 0.05) is 25.3 Å². The summed E-state index contributed by atoms with van der Waals surface area (Å²) in [5.74, 6) is 0.517. The number of halogens is 1. The fraction of sp³-hybridized carbons (Fsp3) is 0.136. The Balaban J connectivity index is 1.80. The Morgan fingerprint density at radius 2 is 1.65 bits per heavy atom. The molecule has 0 aliphatic carbocycles. The van der Waals surface area contributed by atoms with E-state index in [9.17, 15) is 4.79 Å². The lowest BCUT2D eigenvalue weighted by atomic mass is 10.0. The molecule has 0 fully saturated rings. The Bertz CT molecular complexity index is 1160. The molecule has 4 aromatic rings. The van der Waals surface area contributed by atoms with E-state index in [1.54, 1.807) is 23.1 Å². The van der Waals surface area contributed by atoms with Crippen LogP contribution in [0.2, 0.25) is 5.02 Å². The standard InChI is InChI=1S/C22H17ClOS2/c1-13(2)14-7-9-15(10-8-14)25-19-12-11-17-21(24)16-5-3-4-6-18(16)26-22(17)20(19)23/h3-13H,1-2H3. The zero-order valence-corrected chi connectivity index (χ0v) is 16.8. The van der Waals surface area contributed by atoms with Crippen molar-refractivity contribution >= 4 is 54.9 Å². The quantitative estimate of drug-likeness (QED) is 0.337. The van der Waals surface area contributed by atoms with Crippen molar-refractivity contribution in [2.75, 3.05) is 0 Å². The lowest BCUT2D eigenvalue weighted by Crippen LogP contribution is -2.01. The van der Waals surface area contributed by atoms with Crippen LogP contribution in [0.15, 0.2) is 75.2 Å². The van der Waals surface area contributed by atoms with E-state index in [0.717, 1.165) is 24.6 Å². The molecule has 0 saturated heterocycles. The van der Waals surface area contributed by atoms with Gasteiger partial charge in [0.25, 0.3) is 0 Å². The maximum absolute atomic E-state index is 12.8. The molecule has 3 aromatic carbocycles. The molecule has 0 unspecified atom stereocenters. The summed E-state index contributed by atoms with van der Waals surface area (Å²) in [5, 5.41) is 2.11. The molecule has 130 valence electrons. The monoisotopic (exact) mass is 396 g/mol. The van der Waals surface area contributed by atoms with Gasteiger partial charge in [0.05, 0.1) is 9.72 Å². The summed E-state index contributed by atoms with van der Waals surface area (Å²) in [5.41, 5.74) is 1.37. The van der Waals surface area contributed by atoms with E-state index in [1.165, 1.54) is 5.56 Å². The second-order valence-corrected chi connectivity index (χ2v) is 9.05. The minimum atomic E-state index is 0.0501. The van der Waals surface area contributed by atoms with Gasteiger partial charge in [-0.2, -0.15) is 0 Å². The predicted molar refractivity (Wildman–Crippen MR) is 115 cm³/mol. The van der Waals surface area contributed by atoms with Gasteiger partial charge in [-0.1, -0.05) is 61.5 Å². The molecule has 0 N–H and O–H groups in total. The van der Waals surface area contributed by atoms with E-state index in [-0.39, 0.29) is 5.43 Å². The predicted octanol–water partition coefficient (Wildman–Crippen LogP) is 7.34. The smallest absolute Gasteiger partial charge is 0.195 e. The third-order valence-electron chi connectivity index (χ3n) is 4.42. The molecule has 0 radical (unpaired) electrons. The van der Waals surface area contributed by atoms with Crippen LogP contribution >= 0.6 is 34.7 Å². The van der Waals surface area contributed by atoms with Crippen molar-refractivity contribution in [1.29, 1.82) is 0 Å². The second-order valence-electron chi connectivity index (χ2n) is 6.51. The van der Waals surface area contributed by atoms with Crippen LogP contribution in [0, 0.1) is 0 Å². The van der Waals surface area contributed by atoms with Crippen LogP contribution in [0.1, 0.15) is 25.3 Å². The van der Waals surface area contributed by atoms with Gasteiger partial charge in [0.15, 0.2) is 5.43 Å². The van der Waals surface area contributed by atoms with Crippen molar-refractivity contribution in [2.24, 2.45) is 0 Å². The molecule has 0 amide bonds. The second kappa shape index (κ2) is 7.07. The molecule has 0 aliphatic heterocycles. The molecule has 4 rings (SSSR count). The first kappa shape index (κ1) is 17.6. The minimum Gasteiger partial charge on any atom is -0.289 e. The molecule has 4 heteroatoms. The van der Waals surface area contributed by atoms with Gasteiger partial charge < -0.3 is 0 Å². The van der Waals surface area contributed by atoms with Crippen LogP contribution < -0.4 is 5.43 Å². The normalized spacial score (nSPS) is 11.5. The molecule has 1 nitrogen and oxygen atoms in total. The Hall–Kier alpha value is -1.81. The molecule has 1 heterocycles. The summed E-state index contributed by atoms with van der Waals surface area (Å²) in [6.45, 7) is 4.38. The van der Waals surface area contributed by atoms with Gasteiger partial charge in [0.1, 0.15) is 0 Å². The van der Waals surface area contributed by atoms with Crippen molar-refractivity contribution in [2.45, 2.75) is 29.6 Å². The molecule has 0 bridgehead atoms. The van der Waals surface area contributed by atoms with Gasteiger partial charge in [-0.25, -0.2) is 0 Å². The lowest BCUT2D eigenvalue weighted by molar-refractivity contribution is 0.865. The largest absolute Gasteiger partial charge is 0.289 e. The third kappa shape index (κ3) is 3.16. The maximum Gasteiger partial charge on any atom is 0.195 e. The molecule has 26 heavy (non-hydrogen) atoms. The zero-order valence-electron chi connectivity index (χ0n) is 14.5. The van der Waals surface area contributed by atoms with Gasteiger partial charge in [-0.15, -0.1) is 11.3 Å². The molecule has 0 atom stereocenters. The van der Waals surface area contributed by atoms with Crippen molar-refractivity contribution < 1.29 is 0 Å². The number of hydrogen-bond acceptors (Lipinski definition) is 3. The van der Waals surface area contributed by atoms with E-state index >= 15 is 0 Å². The van der Waals surface area contributed by atoms with Gasteiger partial charge >= 0.3 is 0 Å². The highest BCUT2D eigenvalue weighted by atomic mass is 35.5. The summed E-state index contributed by atoms with van der Waals surface area (Å²) < 4.78 is 1.83. The van der Waals surface area contributed by atoms with Gasteiger partial charge in [0.2, 0.25) is 0 Å². The van der Waals surface area contributed by atoms with Gasteiger partial charge in [-0.05, 0) is 47.9 Å². The Labute approximate surface area is 165 Å². The van der Waals surface area contributed by atoms with Crippen LogP contribution in [0.4, 0.5) is 0 Å². The van der Waals surface area contributed by atoms with Crippen LogP contribution in [0.25, 0.3) is 20.2 Å². The molecular formula is C22H17ClOS2. The summed E-state index contributed by atoms with van der Waals surface area (Å²) in [7, 11) is 0. The summed E-state index contributed by atoms with van der Waals surface area (Å²) in [6.07, 6.45) is 0. The highest BCUT2D eigenvalue weighted by Gasteiger charge is 2.13. The summed E-state index contributed by atoms with van der Waals surface area (Å²) in [4.78, 5) is 14.9. The average molecular weight is 397 g/mol. The van der Waals surface area contributed by atoms with Crippen molar-refractivity contribution in [1.82, 2.24) is 0 Å². The first-order chi connectivity index (χ1) is 12.5. The fourth-order valence-corrected chi connectivity index (χ4v) is 5.36. The highest BCUT2D eigenvalue weighted by molar-refractivity contribution is 7.99. The molecule has 0 spiro atoms. The Kier molecular flexibility index (Phi) is 4.78. The van der Waals surface area contributed by atoms with Crippen LogP contribution in [-0.4, -0.2) is 0 Å². The number of fused-ring (bicyclic) bond motifs is 2. The molecule has 0 aliphatic rings. The van der Waals surface area contributed by atoms with E-state index in [0.29, 0.717) is 16.3 Å². The van der Waals surface area contributed by atoms with Gasteiger partial charge in [-0.3, -0.25) is 4.79 Å². The van der Waals surface area contributed by atoms with E-state index in [4.69, 9.17) is 11.6 Å². The van der Waals surface area contributed by atoms with Crippen LogP contribution in [-0.2, 0) is 0 Å².